The van der Waals surface area contributed by atoms with Gasteiger partial charge < -0.3 is 15.5 Å². The number of para-hydroxylation sites is 1. The number of anilines is 2. The van der Waals surface area contributed by atoms with Crippen LogP contribution in [0.1, 0.15) is 36.0 Å². The Hall–Kier alpha value is -3.26. The molecule has 0 saturated heterocycles. The third-order valence-electron chi connectivity index (χ3n) is 6.00. The van der Waals surface area contributed by atoms with E-state index in [9.17, 15) is 4.79 Å². The minimum absolute atomic E-state index is 0.00908. The van der Waals surface area contributed by atoms with Crippen LogP contribution in [0.15, 0.2) is 48.0 Å². The highest BCUT2D eigenvalue weighted by atomic mass is 32.1. The molecule has 7 nitrogen and oxygen atoms in total. The summed E-state index contributed by atoms with van der Waals surface area (Å²) in [6.07, 6.45) is 3.79. The van der Waals surface area contributed by atoms with E-state index in [1.807, 2.05) is 55.4 Å². The molecule has 0 aliphatic heterocycles. The lowest BCUT2D eigenvalue weighted by atomic mass is 9.91. The zero-order chi connectivity index (χ0) is 22.1. The Labute approximate surface area is 190 Å². The number of carbonyl (C=O) groups is 1. The highest BCUT2D eigenvalue weighted by Gasteiger charge is 2.24. The van der Waals surface area contributed by atoms with Gasteiger partial charge >= 0.3 is 0 Å². The van der Waals surface area contributed by atoms with Crippen LogP contribution < -0.4 is 15.5 Å². The number of rotatable bonds is 5. The average molecular weight is 447 g/mol. The van der Waals surface area contributed by atoms with Crippen LogP contribution in [-0.4, -0.2) is 47.0 Å². The van der Waals surface area contributed by atoms with E-state index in [1.54, 1.807) is 16.8 Å². The average Bonchev–Trinajstić information content (AvgIpc) is 3.27. The van der Waals surface area contributed by atoms with Crippen molar-refractivity contribution in [2.75, 3.05) is 24.3 Å². The Morgan fingerprint density at radius 2 is 1.78 bits per heavy atom. The molecular weight excluding hydrogens is 420 g/mol. The number of carbonyl (C=O) groups excluding carboxylic acids is 1. The molecule has 0 radical (unpaired) electrons. The van der Waals surface area contributed by atoms with E-state index in [2.05, 4.69) is 21.7 Å². The fraction of sp³-hybridized carbons (Fsp3) is 0.333. The fourth-order valence-electron chi connectivity index (χ4n) is 4.30. The summed E-state index contributed by atoms with van der Waals surface area (Å²) in [7, 11) is 4.00. The molecule has 0 atom stereocenters. The molecule has 1 saturated carbocycles. The van der Waals surface area contributed by atoms with E-state index >= 15 is 0 Å². The van der Waals surface area contributed by atoms with Gasteiger partial charge in [0, 0.05) is 37.1 Å². The van der Waals surface area contributed by atoms with Crippen LogP contribution in [0.25, 0.3) is 21.1 Å². The first-order valence-corrected chi connectivity index (χ1v) is 11.8. The number of nitrogens with zero attached hydrogens (tertiary/aromatic N) is 4. The molecule has 8 heteroatoms. The van der Waals surface area contributed by atoms with Gasteiger partial charge in [0.15, 0.2) is 0 Å². The lowest BCUT2D eigenvalue weighted by Gasteiger charge is -2.30. The van der Waals surface area contributed by atoms with Crippen LogP contribution in [-0.2, 0) is 0 Å². The predicted molar refractivity (Wildman–Crippen MR) is 131 cm³/mol. The number of hydrogen-bond acceptors (Lipinski definition) is 7. The summed E-state index contributed by atoms with van der Waals surface area (Å²) in [6, 6.07) is 14.3. The van der Waals surface area contributed by atoms with Crippen LogP contribution >= 0.6 is 11.3 Å². The van der Waals surface area contributed by atoms with Gasteiger partial charge in [-0.2, -0.15) is 4.98 Å². The highest BCUT2D eigenvalue weighted by molar-refractivity contribution is 7.16. The second-order valence-electron chi connectivity index (χ2n) is 8.48. The van der Waals surface area contributed by atoms with Gasteiger partial charge in [0.05, 0.1) is 21.2 Å². The molecule has 0 bridgehead atoms. The van der Waals surface area contributed by atoms with Crippen LogP contribution in [0.4, 0.5) is 11.8 Å². The van der Waals surface area contributed by atoms with Gasteiger partial charge in [-0.1, -0.05) is 12.1 Å². The topological polar surface area (TPSA) is 83.0 Å². The first-order chi connectivity index (χ1) is 15.6. The van der Waals surface area contributed by atoms with Gasteiger partial charge in [-0.05, 0) is 56.0 Å². The first kappa shape index (κ1) is 20.6. The summed E-state index contributed by atoms with van der Waals surface area (Å²) in [5.74, 6) is 1.57. The zero-order valence-corrected chi connectivity index (χ0v) is 19.0. The van der Waals surface area contributed by atoms with E-state index < -0.39 is 0 Å². The van der Waals surface area contributed by atoms with Crippen molar-refractivity contribution < 1.29 is 4.79 Å². The van der Waals surface area contributed by atoms with Crippen molar-refractivity contribution in [2.24, 2.45) is 0 Å². The summed E-state index contributed by atoms with van der Waals surface area (Å²) >= 11 is 1.56. The summed E-state index contributed by atoms with van der Waals surface area (Å²) in [5.41, 5.74) is 4.38. The zero-order valence-electron chi connectivity index (χ0n) is 18.2. The summed E-state index contributed by atoms with van der Waals surface area (Å²) in [5, 5.41) is 7.78. The molecular formula is C24H26N6OS. The van der Waals surface area contributed by atoms with Gasteiger partial charge in [-0.3, -0.25) is 4.79 Å². The standard InChI is InChI=1S/C24H26N6OS/c1-30(2)22-18-5-3-4-6-19(18)28-24(29-22)27-17-10-8-16(9-11-17)26-23(31)15-7-12-20-21(13-15)32-14-25-20/h3-7,12-14,16-17H,8-11H2,1-2H3,(H,26,31)(H,27,28,29)/t16-,17+. The molecule has 0 unspecified atom stereocenters. The molecule has 1 fully saturated rings. The second-order valence-corrected chi connectivity index (χ2v) is 9.37. The fourth-order valence-corrected chi connectivity index (χ4v) is 5.01. The molecule has 2 aromatic carbocycles. The normalized spacial score (nSPS) is 18.6. The Morgan fingerprint density at radius 1 is 1.00 bits per heavy atom. The molecule has 1 amide bonds. The van der Waals surface area contributed by atoms with Crippen LogP contribution in [0.3, 0.4) is 0 Å². The molecule has 2 heterocycles. The number of amides is 1. The molecule has 2 N–H and O–H groups in total. The van der Waals surface area contributed by atoms with Crippen LogP contribution in [0.2, 0.25) is 0 Å². The molecule has 5 rings (SSSR count). The first-order valence-electron chi connectivity index (χ1n) is 10.9. The number of nitrogens with one attached hydrogen (secondary N) is 2. The lowest BCUT2D eigenvalue weighted by molar-refractivity contribution is 0.0926. The smallest absolute Gasteiger partial charge is 0.251 e. The monoisotopic (exact) mass is 446 g/mol. The third kappa shape index (κ3) is 4.23. The minimum Gasteiger partial charge on any atom is -0.362 e. The Bertz CT molecular complexity index is 1260. The molecule has 4 aromatic rings. The summed E-state index contributed by atoms with van der Waals surface area (Å²) in [6.45, 7) is 0. The van der Waals surface area contributed by atoms with E-state index in [0.717, 1.165) is 52.6 Å². The third-order valence-corrected chi connectivity index (χ3v) is 6.79. The van der Waals surface area contributed by atoms with E-state index in [0.29, 0.717) is 17.6 Å². The molecule has 2 aromatic heterocycles. The van der Waals surface area contributed by atoms with E-state index in [1.165, 1.54) is 0 Å². The predicted octanol–water partition coefficient (Wildman–Crippen LogP) is 4.46. The van der Waals surface area contributed by atoms with Crippen LogP contribution in [0, 0.1) is 0 Å². The SMILES string of the molecule is CN(C)c1nc(N[C@H]2CC[C@@H](NC(=O)c3ccc4ncsc4c3)CC2)nc2ccccc12. The van der Waals surface area contributed by atoms with Crippen molar-refractivity contribution >= 4 is 50.1 Å². The summed E-state index contributed by atoms with van der Waals surface area (Å²) in [4.78, 5) is 28.5. The van der Waals surface area contributed by atoms with Gasteiger partial charge in [0.25, 0.3) is 5.91 Å². The maximum Gasteiger partial charge on any atom is 0.251 e. The number of thiazole rings is 1. The second kappa shape index (κ2) is 8.70. The molecule has 1 aliphatic carbocycles. The van der Waals surface area contributed by atoms with Crippen molar-refractivity contribution in [3.8, 4) is 0 Å². The van der Waals surface area contributed by atoms with Crippen molar-refractivity contribution in [2.45, 2.75) is 37.8 Å². The van der Waals surface area contributed by atoms with Crippen molar-refractivity contribution in [3.05, 3.63) is 53.5 Å². The van der Waals surface area contributed by atoms with Crippen molar-refractivity contribution in [3.63, 3.8) is 0 Å². The largest absolute Gasteiger partial charge is 0.362 e. The lowest BCUT2D eigenvalue weighted by Crippen LogP contribution is -2.40. The highest BCUT2D eigenvalue weighted by Crippen LogP contribution is 2.26. The molecule has 1 aliphatic rings. The Balaban J connectivity index is 1.21. The number of benzene rings is 2. The Kier molecular flexibility index (Phi) is 5.61. The van der Waals surface area contributed by atoms with Crippen molar-refractivity contribution in [1.29, 1.82) is 0 Å². The molecule has 32 heavy (non-hydrogen) atoms. The van der Waals surface area contributed by atoms with Gasteiger partial charge in [-0.25, -0.2) is 9.97 Å². The van der Waals surface area contributed by atoms with E-state index in [-0.39, 0.29) is 11.9 Å². The van der Waals surface area contributed by atoms with E-state index in [4.69, 9.17) is 9.97 Å². The number of hydrogen-bond donors (Lipinski definition) is 2. The van der Waals surface area contributed by atoms with Gasteiger partial charge in [0.2, 0.25) is 5.95 Å². The van der Waals surface area contributed by atoms with Crippen LogP contribution in [0.5, 0.6) is 0 Å². The van der Waals surface area contributed by atoms with Crippen molar-refractivity contribution in [1.82, 2.24) is 20.3 Å². The summed E-state index contributed by atoms with van der Waals surface area (Å²) < 4.78 is 1.04. The Morgan fingerprint density at radius 3 is 2.59 bits per heavy atom. The minimum atomic E-state index is -0.00908. The molecule has 0 spiro atoms. The maximum atomic E-state index is 12.7. The maximum absolute atomic E-state index is 12.7. The van der Waals surface area contributed by atoms with Gasteiger partial charge in [0.1, 0.15) is 5.82 Å². The van der Waals surface area contributed by atoms with Gasteiger partial charge in [-0.15, -0.1) is 11.3 Å². The quantitative estimate of drug-likeness (QED) is 0.471. The molecule has 164 valence electrons. The number of aromatic nitrogens is 3. The number of fused-ring (bicyclic) bond motifs is 2.